The molecule has 0 spiro atoms. The monoisotopic (exact) mass is 278 g/mol. The average Bonchev–Trinajstić information content (AvgIpc) is 2.39. The smallest absolute Gasteiger partial charge is 0.314 e. The zero-order chi connectivity index (χ0) is 15.2. The Morgan fingerprint density at radius 2 is 1.70 bits per heavy atom. The van der Waals surface area contributed by atoms with Crippen LogP contribution in [0, 0.1) is 11.3 Å². The molecule has 4 heteroatoms. The maximum absolute atomic E-state index is 11.8. The van der Waals surface area contributed by atoms with Gasteiger partial charge in [-0.1, -0.05) is 44.2 Å². The van der Waals surface area contributed by atoms with Crippen LogP contribution in [0.25, 0.3) is 0 Å². The minimum atomic E-state index is -0.591. The van der Waals surface area contributed by atoms with Gasteiger partial charge in [-0.05, 0) is 25.3 Å². The molecule has 20 heavy (non-hydrogen) atoms. The SMILES string of the molecule is CC(C)C(C)(C)C(=O)OCOC(=O)Cc1ccccc1. The quantitative estimate of drug-likeness (QED) is 0.593. The second-order valence-corrected chi connectivity index (χ2v) is 5.60. The van der Waals surface area contributed by atoms with Gasteiger partial charge in [0, 0.05) is 0 Å². The molecule has 0 aliphatic carbocycles. The average molecular weight is 278 g/mol. The van der Waals surface area contributed by atoms with Gasteiger partial charge in [0.05, 0.1) is 11.8 Å². The van der Waals surface area contributed by atoms with Crippen molar-refractivity contribution in [2.45, 2.75) is 34.1 Å². The Bertz CT molecular complexity index is 449. The summed E-state index contributed by atoms with van der Waals surface area (Å²) in [5.74, 6) is -0.624. The number of benzene rings is 1. The number of carbonyl (C=O) groups excluding carboxylic acids is 2. The minimum absolute atomic E-state index is 0.148. The van der Waals surface area contributed by atoms with Gasteiger partial charge in [-0.25, -0.2) is 0 Å². The summed E-state index contributed by atoms with van der Waals surface area (Å²) < 4.78 is 9.90. The normalized spacial score (nSPS) is 11.2. The van der Waals surface area contributed by atoms with Gasteiger partial charge in [0.15, 0.2) is 0 Å². The lowest BCUT2D eigenvalue weighted by Crippen LogP contribution is -2.32. The van der Waals surface area contributed by atoms with E-state index in [0.717, 1.165) is 5.56 Å². The molecule has 0 radical (unpaired) electrons. The van der Waals surface area contributed by atoms with Crippen LogP contribution in [0.5, 0.6) is 0 Å². The van der Waals surface area contributed by atoms with E-state index in [1.165, 1.54) is 0 Å². The van der Waals surface area contributed by atoms with Crippen LogP contribution in [-0.2, 0) is 25.5 Å². The van der Waals surface area contributed by atoms with Gasteiger partial charge in [0.1, 0.15) is 0 Å². The molecule has 0 N–H and O–H groups in total. The highest BCUT2D eigenvalue weighted by Crippen LogP contribution is 2.27. The highest BCUT2D eigenvalue weighted by molar-refractivity contribution is 5.76. The summed E-state index contributed by atoms with van der Waals surface area (Å²) in [5, 5.41) is 0. The van der Waals surface area contributed by atoms with Gasteiger partial charge in [0.2, 0.25) is 6.79 Å². The second-order valence-electron chi connectivity index (χ2n) is 5.60. The molecule has 4 nitrogen and oxygen atoms in total. The first-order valence-corrected chi connectivity index (χ1v) is 6.71. The van der Waals surface area contributed by atoms with Crippen LogP contribution < -0.4 is 0 Å². The summed E-state index contributed by atoms with van der Waals surface area (Å²) in [4.78, 5) is 23.4. The van der Waals surface area contributed by atoms with Crippen molar-refractivity contribution >= 4 is 11.9 Å². The predicted octanol–water partition coefficient (Wildman–Crippen LogP) is 2.96. The highest BCUT2D eigenvalue weighted by Gasteiger charge is 2.33. The van der Waals surface area contributed by atoms with Crippen LogP contribution in [0.2, 0.25) is 0 Å². The Kier molecular flexibility index (Phi) is 5.74. The lowest BCUT2D eigenvalue weighted by Gasteiger charge is -2.26. The molecule has 0 bridgehead atoms. The molecule has 1 aromatic carbocycles. The fourth-order valence-corrected chi connectivity index (χ4v) is 1.38. The molecular formula is C16H22O4. The molecule has 0 unspecified atom stereocenters. The van der Waals surface area contributed by atoms with Crippen LogP contribution in [0.4, 0.5) is 0 Å². The predicted molar refractivity (Wildman–Crippen MR) is 75.8 cm³/mol. The van der Waals surface area contributed by atoms with Gasteiger partial charge in [-0.15, -0.1) is 0 Å². The van der Waals surface area contributed by atoms with Crippen molar-refractivity contribution in [2.24, 2.45) is 11.3 Å². The Labute approximate surface area is 120 Å². The highest BCUT2D eigenvalue weighted by atomic mass is 16.7. The summed E-state index contributed by atoms with van der Waals surface area (Å²) in [6.45, 7) is 7.18. The van der Waals surface area contributed by atoms with Gasteiger partial charge in [-0.3, -0.25) is 9.59 Å². The van der Waals surface area contributed by atoms with Gasteiger partial charge >= 0.3 is 11.9 Å². The standard InChI is InChI=1S/C16H22O4/c1-12(2)16(3,4)15(18)20-11-19-14(17)10-13-8-6-5-7-9-13/h5-9,12H,10-11H2,1-4H3. The molecule has 0 aliphatic heterocycles. The van der Waals surface area contributed by atoms with E-state index >= 15 is 0 Å². The van der Waals surface area contributed by atoms with Gasteiger partial charge < -0.3 is 9.47 Å². The third-order valence-corrected chi connectivity index (χ3v) is 3.57. The van der Waals surface area contributed by atoms with Crippen LogP contribution in [0.1, 0.15) is 33.3 Å². The summed E-state index contributed by atoms with van der Waals surface area (Å²) in [5.41, 5.74) is 0.276. The van der Waals surface area contributed by atoms with Crippen molar-refractivity contribution in [3.63, 3.8) is 0 Å². The first-order valence-electron chi connectivity index (χ1n) is 6.71. The summed E-state index contributed by atoms with van der Waals surface area (Å²) >= 11 is 0. The molecule has 110 valence electrons. The van der Waals surface area contributed by atoms with E-state index < -0.39 is 11.4 Å². The van der Waals surface area contributed by atoms with E-state index in [1.54, 1.807) is 0 Å². The number of ether oxygens (including phenoxy) is 2. The third kappa shape index (κ3) is 4.68. The van der Waals surface area contributed by atoms with Crippen molar-refractivity contribution in [1.82, 2.24) is 0 Å². The molecule has 0 fully saturated rings. The summed E-state index contributed by atoms with van der Waals surface area (Å²) in [6.07, 6.45) is 0.173. The fourth-order valence-electron chi connectivity index (χ4n) is 1.38. The first kappa shape index (κ1) is 16.2. The molecule has 0 saturated heterocycles. The molecule has 0 amide bonds. The zero-order valence-corrected chi connectivity index (χ0v) is 12.5. The number of hydrogen-bond donors (Lipinski definition) is 0. The Morgan fingerprint density at radius 1 is 1.10 bits per heavy atom. The van der Waals surface area contributed by atoms with Gasteiger partial charge in [-0.2, -0.15) is 0 Å². The molecule has 0 atom stereocenters. The maximum atomic E-state index is 11.8. The second kappa shape index (κ2) is 7.08. The van der Waals surface area contributed by atoms with Crippen LogP contribution in [0.15, 0.2) is 30.3 Å². The molecule has 0 saturated carbocycles. The largest absolute Gasteiger partial charge is 0.428 e. The van der Waals surface area contributed by atoms with Crippen LogP contribution in [-0.4, -0.2) is 18.7 Å². The van der Waals surface area contributed by atoms with Gasteiger partial charge in [0.25, 0.3) is 0 Å². The van der Waals surface area contributed by atoms with E-state index in [2.05, 4.69) is 0 Å². The molecule has 1 aromatic rings. The van der Waals surface area contributed by atoms with E-state index in [0.29, 0.717) is 0 Å². The van der Waals surface area contributed by atoms with E-state index in [4.69, 9.17) is 9.47 Å². The summed E-state index contributed by atoms with van der Waals surface area (Å²) in [6, 6.07) is 9.27. The Balaban J connectivity index is 2.34. The summed E-state index contributed by atoms with van der Waals surface area (Å²) in [7, 11) is 0. The number of carbonyl (C=O) groups is 2. The van der Waals surface area contributed by atoms with Crippen LogP contribution in [0.3, 0.4) is 0 Å². The number of hydrogen-bond acceptors (Lipinski definition) is 4. The lowest BCUT2D eigenvalue weighted by atomic mass is 9.81. The van der Waals surface area contributed by atoms with Crippen molar-refractivity contribution in [3.05, 3.63) is 35.9 Å². The molecule has 0 heterocycles. The Hall–Kier alpha value is -1.84. The van der Waals surface area contributed by atoms with Crippen molar-refractivity contribution in [1.29, 1.82) is 0 Å². The first-order chi connectivity index (χ1) is 9.34. The number of esters is 2. The topological polar surface area (TPSA) is 52.6 Å². The molecule has 0 aliphatic rings. The fraction of sp³-hybridized carbons (Fsp3) is 0.500. The van der Waals surface area contributed by atoms with E-state index in [9.17, 15) is 9.59 Å². The van der Waals surface area contributed by atoms with E-state index in [1.807, 2.05) is 58.0 Å². The number of rotatable bonds is 6. The molecular weight excluding hydrogens is 256 g/mol. The van der Waals surface area contributed by atoms with Crippen molar-refractivity contribution in [2.75, 3.05) is 6.79 Å². The minimum Gasteiger partial charge on any atom is -0.428 e. The van der Waals surface area contributed by atoms with Crippen LogP contribution >= 0.6 is 0 Å². The maximum Gasteiger partial charge on any atom is 0.314 e. The van der Waals surface area contributed by atoms with E-state index in [-0.39, 0.29) is 25.1 Å². The molecule has 0 aromatic heterocycles. The Morgan fingerprint density at radius 3 is 2.25 bits per heavy atom. The van der Waals surface area contributed by atoms with Crippen molar-refractivity contribution < 1.29 is 19.1 Å². The van der Waals surface area contributed by atoms with Crippen molar-refractivity contribution in [3.8, 4) is 0 Å². The molecule has 1 rings (SSSR count). The third-order valence-electron chi connectivity index (χ3n) is 3.57. The lowest BCUT2D eigenvalue weighted by molar-refractivity contribution is -0.175. The zero-order valence-electron chi connectivity index (χ0n) is 12.5.